The van der Waals surface area contributed by atoms with Crippen molar-refractivity contribution in [2.24, 2.45) is 0 Å². The number of ether oxygens (including phenoxy) is 1. The van der Waals surface area contributed by atoms with Gasteiger partial charge in [0, 0.05) is 25.6 Å². The number of Topliss-reactive ketones (excluding diaryl/α,β-unsaturated/α-hetero) is 1. The van der Waals surface area contributed by atoms with Gasteiger partial charge < -0.3 is 15.4 Å². The van der Waals surface area contributed by atoms with Crippen LogP contribution in [0.2, 0.25) is 0 Å². The van der Waals surface area contributed by atoms with Crippen LogP contribution in [0.3, 0.4) is 0 Å². The first kappa shape index (κ1) is 24.2. The number of rotatable bonds is 11. The number of hydrogen-bond donors (Lipinski definition) is 2. The molecule has 31 heavy (non-hydrogen) atoms. The molecular weight excluding hydrogens is 444 g/mol. The van der Waals surface area contributed by atoms with Crippen LogP contribution in [-0.2, 0) is 29.0 Å². The molecule has 2 N–H and O–H groups in total. The van der Waals surface area contributed by atoms with Crippen molar-refractivity contribution in [3.63, 3.8) is 0 Å². The van der Waals surface area contributed by atoms with Crippen LogP contribution in [-0.4, -0.2) is 51.4 Å². The lowest BCUT2D eigenvalue weighted by molar-refractivity contribution is -0.147. The molecule has 9 nitrogen and oxygen atoms in total. The Morgan fingerprint density at radius 3 is 2.39 bits per heavy atom. The third-order valence-corrected chi connectivity index (χ3v) is 6.02. The van der Waals surface area contributed by atoms with Crippen LogP contribution >= 0.6 is 11.3 Å². The number of carbonyl (C=O) groups is 4. The molecule has 1 heterocycles. The average molecular weight is 467 g/mol. The van der Waals surface area contributed by atoms with E-state index >= 15 is 0 Å². The Hall–Kier alpha value is -3.05. The van der Waals surface area contributed by atoms with Gasteiger partial charge in [0.2, 0.25) is 5.91 Å². The van der Waals surface area contributed by atoms with Gasteiger partial charge in [-0.1, -0.05) is 18.2 Å². The molecule has 0 fully saturated rings. The highest BCUT2D eigenvalue weighted by Crippen LogP contribution is 2.20. The number of nitrogens with one attached hydrogen (secondary N) is 2. The van der Waals surface area contributed by atoms with E-state index in [0.717, 1.165) is 6.26 Å². The van der Waals surface area contributed by atoms with Crippen molar-refractivity contribution in [2.45, 2.75) is 24.2 Å². The molecule has 2 amide bonds. The summed E-state index contributed by atoms with van der Waals surface area (Å²) in [5.74, 6) is -1.89. The van der Waals surface area contributed by atoms with Crippen LogP contribution in [0.25, 0.3) is 0 Å². The van der Waals surface area contributed by atoms with E-state index in [0.29, 0.717) is 4.88 Å². The number of benzene rings is 1. The van der Waals surface area contributed by atoms with Crippen molar-refractivity contribution in [3.8, 4) is 0 Å². The number of thiophene rings is 1. The molecule has 0 unspecified atom stereocenters. The molecule has 0 saturated heterocycles. The van der Waals surface area contributed by atoms with Crippen LogP contribution in [0, 0.1) is 0 Å². The van der Waals surface area contributed by atoms with E-state index < -0.39 is 28.3 Å². The van der Waals surface area contributed by atoms with E-state index in [2.05, 4.69) is 10.6 Å². The molecule has 1 aromatic carbocycles. The summed E-state index contributed by atoms with van der Waals surface area (Å²) in [6, 6.07) is 9.32. The second kappa shape index (κ2) is 11.4. The van der Waals surface area contributed by atoms with Gasteiger partial charge in [-0.2, -0.15) is 0 Å². The van der Waals surface area contributed by atoms with Crippen molar-refractivity contribution in [1.82, 2.24) is 5.32 Å². The number of para-hydroxylation sites is 1. The maximum Gasteiger partial charge on any atom is 0.308 e. The van der Waals surface area contributed by atoms with Crippen LogP contribution in [0.5, 0.6) is 0 Å². The summed E-state index contributed by atoms with van der Waals surface area (Å²) in [6.07, 6.45) is 0.946. The van der Waals surface area contributed by atoms with E-state index in [-0.39, 0.29) is 48.1 Å². The molecule has 0 atom stereocenters. The Labute approximate surface area is 183 Å². The summed E-state index contributed by atoms with van der Waals surface area (Å²) in [4.78, 5) is 47.8. The number of esters is 1. The molecule has 0 bridgehead atoms. The molecule has 11 heteroatoms. The molecule has 0 aliphatic carbocycles. The minimum Gasteiger partial charge on any atom is -0.456 e. The van der Waals surface area contributed by atoms with Crippen molar-refractivity contribution < 1.29 is 32.3 Å². The van der Waals surface area contributed by atoms with Gasteiger partial charge in [-0.25, -0.2) is 8.42 Å². The number of anilines is 1. The molecule has 0 aliphatic heterocycles. The summed E-state index contributed by atoms with van der Waals surface area (Å²) in [5, 5.41) is 6.68. The lowest BCUT2D eigenvalue weighted by Crippen LogP contribution is -2.28. The summed E-state index contributed by atoms with van der Waals surface area (Å²) in [5.41, 5.74) is 0.0930. The number of amides is 2. The average Bonchev–Trinajstić information content (AvgIpc) is 3.25. The SMILES string of the molecule is CS(=O)(=O)c1ccccc1NC(=O)COC(=O)CCNC(=O)CCC(=O)c1cccs1. The second-order valence-electron chi connectivity index (χ2n) is 6.48. The van der Waals surface area contributed by atoms with Crippen molar-refractivity contribution in [2.75, 3.05) is 24.7 Å². The zero-order chi connectivity index (χ0) is 22.9. The van der Waals surface area contributed by atoms with Crippen molar-refractivity contribution in [3.05, 3.63) is 46.7 Å². The largest absolute Gasteiger partial charge is 0.456 e. The number of carbonyl (C=O) groups excluding carboxylic acids is 4. The predicted molar refractivity (Wildman–Crippen MR) is 115 cm³/mol. The van der Waals surface area contributed by atoms with Crippen LogP contribution in [0.15, 0.2) is 46.7 Å². The minimum absolute atomic E-state index is 0.00336. The standard InChI is InChI=1S/C20H22N2O7S2/c1-31(27,28)17-7-3-2-5-14(17)22-19(25)13-29-20(26)10-11-21-18(24)9-8-15(23)16-6-4-12-30-16/h2-7,12H,8-11,13H2,1H3,(H,21,24)(H,22,25). The van der Waals surface area contributed by atoms with E-state index in [1.54, 1.807) is 23.6 Å². The molecule has 0 spiro atoms. The molecule has 166 valence electrons. The molecular formula is C20H22N2O7S2. The van der Waals surface area contributed by atoms with E-state index in [1.807, 2.05) is 0 Å². The fourth-order valence-electron chi connectivity index (χ4n) is 2.48. The van der Waals surface area contributed by atoms with Crippen LogP contribution < -0.4 is 10.6 Å². The normalized spacial score (nSPS) is 10.9. The lowest BCUT2D eigenvalue weighted by atomic mass is 10.2. The first-order valence-corrected chi connectivity index (χ1v) is 12.0. The zero-order valence-electron chi connectivity index (χ0n) is 16.8. The van der Waals surface area contributed by atoms with E-state index in [9.17, 15) is 27.6 Å². The van der Waals surface area contributed by atoms with Gasteiger partial charge in [-0.15, -0.1) is 11.3 Å². The molecule has 0 saturated carbocycles. The Morgan fingerprint density at radius 1 is 0.968 bits per heavy atom. The highest BCUT2D eigenvalue weighted by Gasteiger charge is 2.16. The minimum atomic E-state index is -3.54. The topological polar surface area (TPSA) is 136 Å². The number of ketones is 1. The molecule has 2 aromatic rings. The van der Waals surface area contributed by atoms with Crippen molar-refractivity contribution in [1.29, 1.82) is 0 Å². The van der Waals surface area contributed by atoms with Gasteiger partial charge in [0.05, 0.1) is 21.9 Å². The van der Waals surface area contributed by atoms with Gasteiger partial charge in [-0.3, -0.25) is 19.2 Å². The Kier molecular flexibility index (Phi) is 8.88. The third-order valence-electron chi connectivity index (χ3n) is 3.95. The van der Waals surface area contributed by atoms with Gasteiger partial charge >= 0.3 is 5.97 Å². The van der Waals surface area contributed by atoms with Gasteiger partial charge in [0.15, 0.2) is 22.2 Å². The Morgan fingerprint density at radius 2 is 1.71 bits per heavy atom. The fraction of sp³-hybridized carbons (Fsp3) is 0.300. The maximum absolute atomic E-state index is 11.9. The monoisotopic (exact) mass is 466 g/mol. The second-order valence-corrected chi connectivity index (χ2v) is 9.41. The van der Waals surface area contributed by atoms with E-state index in [1.165, 1.54) is 29.5 Å². The molecule has 2 rings (SSSR count). The number of sulfone groups is 1. The Bertz CT molecular complexity index is 1050. The van der Waals surface area contributed by atoms with Gasteiger partial charge in [0.25, 0.3) is 5.91 Å². The maximum atomic E-state index is 11.9. The predicted octanol–water partition coefficient (Wildman–Crippen LogP) is 1.80. The lowest BCUT2D eigenvalue weighted by Gasteiger charge is -2.10. The molecule has 0 aliphatic rings. The summed E-state index contributed by atoms with van der Waals surface area (Å²) in [6.45, 7) is -0.594. The van der Waals surface area contributed by atoms with E-state index in [4.69, 9.17) is 4.74 Å². The third kappa shape index (κ3) is 8.30. The van der Waals surface area contributed by atoms with Gasteiger partial charge in [0.1, 0.15) is 0 Å². The fourth-order valence-corrected chi connectivity index (χ4v) is 4.02. The quantitative estimate of drug-likeness (QED) is 0.381. The van der Waals surface area contributed by atoms with Crippen molar-refractivity contribution >= 4 is 50.4 Å². The first-order valence-electron chi connectivity index (χ1n) is 9.25. The molecule has 0 radical (unpaired) electrons. The van der Waals surface area contributed by atoms with Gasteiger partial charge in [-0.05, 0) is 23.6 Å². The summed E-state index contributed by atoms with van der Waals surface area (Å²) >= 11 is 1.31. The molecule has 1 aromatic heterocycles. The highest BCUT2D eigenvalue weighted by atomic mass is 32.2. The smallest absolute Gasteiger partial charge is 0.308 e. The first-order chi connectivity index (χ1) is 14.7. The van der Waals surface area contributed by atoms with Crippen LogP contribution in [0.1, 0.15) is 28.9 Å². The van der Waals surface area contributed by atoms with Crippen LogP contribution in [0.4, 0.5) is 5.69 Å². The summed E-state index contributed by atoms with van der Waals surface area (Å²) < 4.78 is 28.3. The Balaban J connectivity index is 1.66. The zero-order valence-corrected chi connectivity index (χ0v) is 18.4. The summed E-state index contributed by atoms with van der Waals surface area (Å²) in [7, 11) is -3.54. The number of hydrogen-bond acceptors (Lipinski definition) is 8. The highest BCUT2D eigenvalue weighted by molar-refractivity contribution is 7.90.